The Kier molecular flexibility index (Phi) is 4.96. The van der Waals surface area contributed by atoms with Gasteiger partial charge in [-0.1, -0.05) is 64.0 Å². The van der Waals surface area contributed by atoms with Gasteiger partial charge in [0.1, 0.15) is 5.82 Å². The molecule has 6 nitrogen and oxygen atoms in total. The number of H-pyrrole nitrogens is 1. The molecule has 0 aliphatic carbocycles. The summed E-state index contributed by atoms with van der Waals surface area (Å²) < 4.78 is 55.5. The highest BCUT2D eigenvalue weighted by Gasteiger charge is 2.46. The molecule has 1 aliphatic heterocycles. The molecule has 3 aromatic carbocycles. The van der Waals surface area contributed by atoms with Crippen molar-refractivity contribution in [1.82, 2.24) is 4.98 Å². The number of para-hydroxylation sites is 1. The molecular weight excluding hydrogens is 512 g/mol. The zero-order chi connectivity index (χ0) is 22.7. The number of benzene rings is 3. The number of hydrogen-bond acceptors (Lipinski definition) is 4. The lowest BCUT2D eigenvalue weighted by Gasteiger charge is -2.32. The molecule has 0 radical (unpaired) electrons. The van der Waals surface area contributed by atoms with Crippen molar-refractivity contribution in [3.8, 4) is 0 Å². The van der Waals surface area contributed by atoms with Crippen LogP contribution in [-0.2, 0) is 20.0 Å². The molecule has 32 heavy (non-hydrogen) atoms. The molecule has 1 aromatic heterocycles. The number of aromatic nitrogens is 1. The smallest absolute Gasteiger partial charge is 0.278 e. The van der Waals surface area contributed by atoms with Gasteiger partial charge in [-0.3, -0.25) is 0 Å². The number of aryl methyl sites for hydroxylation is 1. The third-order valence-electron chi connectivity index (χ3n) is 5.70. The highest BCUT2D eigenvalue weighted by molar-refractivity contribution is 9.10. The summed E-state index contributed by atoms with van der Waals surface area (Å²) >= 11 is 3.41. The maximum Gasteiger partial charge on any atom is 0.278 e. The number of anilines is 1. The summed E-state index contributed by atoms with van der Waals surface area (Å²) in [4.78, 5) is 3.01. The minimum atomic E-state index is -4.35. The van der Waals surface area contributed by atoms with E-state index in [0.717, 1.165) is 21.0 Å². The molecule has 0 saturated carbocycles. The number of halogens is 1. The average Bonchev–Trinajstić information content (AvgIpc) is 3.11. The minimum absolute atomic E-state index is 0.0710. The summed E-state index contributed by atoms with van der Waals surface area (Å²) in [5.74, 6) is -0.788. The number of nitrogens with zero attached hydrogens (tertiary/aromatic N) is 1. The number of hydrogen-bond donors (Lipinski definition) is 1. The number of rotatable bonds is 3. The summed E-state index contributed by atoms with van der Waals surface area (Å²) in [5, 5.41) is 0.800. The lowest BCUT2D eigenvalue weighted by molar-refractivity contribution is 0.579. The van der Waals surface area contributed by atoms with E-state index in [9.17, 15) is 16.8 Å². The molecule has 5 rings (SSSR count). The first-order chi connectivity index (χ1) is 15.2. The van der Waals surface area contributed by atoms with Crippen molar-refractivity contribution < 1.29 is 16.8 Å². The molecule has 1 atom stereocenters. The summed E-state index contributed by atoms with van der Waals surface area (Å²) in [6, 6.07) is 21.0. The normalized spacial score (nSPS) is 17.9. The second-order valence-corrected chi connectivity index (χ2v) is 12.6. The van der Waals surface area contributed by atoms with Crippen molar-refractivity contribution in [2.45, 2.75) is 17.7 Å². The Bertz CT molecular complexity index is 1540. The minimum Gasteiger partial charge on any atom is -0.339 e. The molecule has 1 N–H and O–H groups in total. The Morgan fingerprint density at radius 3 is 2.31 bits per heavy atom. The summed E-state index contributed by atoms with van der Waals surface area (Å²) in [6.07, 6.45) is 0. The third kappa shape index (κ3) is 3.35. The number of sulfonamides is 2. The van der Waals surface area contributed by atoms with Gasteiger partial charge in [0.05, 0.1) is 10.6 Å². The molecule has 164 valence electrons. The fraction of sp³-hybridized carbons (Fsp3) is 0.130. The van der Waals surface area contributed by atoms with Crippen molar-refractivity contribution in [3.05, 3.63) is 94.0 Å². The number of aromatic amines is 1. The van der Waals surface area contributed by atoms with E-state index in [4.69, 9.17) is 0 Å². The molecule has 0 amide bonds. The monoisotopic (exact) mass is 530 g/mol. The van der Waals surface area contributed by atoms with Gasteiger partial charge >= 0.3 is 0 Å². The maximum atomic E-state index is 13.6. The van der Waals surface area contributed by atoms with Crippen LogP contribution in [0.4, 0.5) is 5.82 Å². The molecule has 0 saturated heterocycles. The fourth-order valence-corrected chi connectivity index (χ4v) is 8.48. The van der Waals surface area contributed by atoms with Crippen LogP contribution in [0.25, 0.3) is 10.9 Å². The summed E-state index contributed by atoms with van der Waals surface area (Å²) in [5.41, 5.74) is 3.02. The SMILES string of the molecule is Cc1ccc(S(=O)(=O)N2c3[nH]c4ccccc4c3C(c3ccc(Br)cc3)CS2(=O)=O)cc1. The molecule has 1 unspecified atom stereocenters. The molecular formula is C23H19BrN2O4S2. The Hall–Kier alpha value is -2.62. The number of fused-ring (bicyclic) bond motifs is 3. The van der Waals surface area contributed by atoms with Gasteiger partial charge < -0.3 is 4.98 Å². The summed E-state index contributed by atoms with van der Waals surface area (Å²) in [7, 11) is -8.56. The van der Waals surface area contributed by atoms with Crippen LogP contribution in [-0.4, -0.2) is 27.6 Å². The van der Waals surface area contributed by atoms with E-state index in [1.807, 2.05) is 55.5 Å². The quantitative estimate of drug-likeness (QED) is 0.407. The van der Waals surface area contributed by atoms with E-state index < -0.39 is 26.0 Å². The van der Waals surface area contributed by atoms with Crippen LogP contribution in [0.2, 0.25) is 0 Å². The van der Waals surface area contributed by atoms with Crippen molar-refractivity contribution >= 4 is 52.7 Å². The Balaban J connectivity index is 1.79. The first-order valence-electron chi connectivity index (χ1n) is 9.89. The second-order valence-electron chi connectivity index (χ2n) is 7.83. The van der Waals surface area contributed by atoms with Gasteiger partial charge in [0, 0.05) is 26.9 Å². The highest BCUT2D eigenvalue weighted by atomic mass is 79.9. The molecule has 9 heteroatoms. The van der Waals surface area contributed by atoms with Crippen LogP contribution >= 0.6 is 15.9 Å². The largest absolute Gasteiger partial charge is 0.339 e. The lowest BCUT2D eigenvalue weighted by Crippen LogP contribution is -2.43. The third-order valence-corrected chi connectivity index (χ3v) is 10.4. The van der Waals surface area contributed by atoms with Crippen LogP contribution in [0.3, 0.4) is 0 Å². The highest BCUT2D eigenvalue weighted by Crippen LogP contribution is 2.46. The van der Waals surface area contributed by atoms with Crippen molar-refractivity contribution in [3.63, 3.8) is 0 Å². The predicted molar refractivity (Wildman–Crippen MR) is 129 cm³/mol. The van der Waals surface area contributed by atoms with Gasteiger partial charge in [0.15, 0.2) is 0 Å². The van der Waals surface area contributed by atoms with E-state index in [-0.39, 0.29) is 16.5 Å². The van der Waals surface area contributed by atoms with Gasteiger partial charge in [0.2, 0.25) is 0 Å². The maximum absolute atomic E-state index is 13.6. The fourth-order valence-electron chi connectivity index (χ4n) is 4.18. The standard InChI is InChI=1S/C23H19BrN2O4S2/c1-15-6-12-18(13-7-15)32(29,30)26-23-22(19-4-2-3-5-21(19)25-23)20(14-31(26,27)28)16-8-10-17(24)11-9-16/h2-13,20,25H,14H2,1H3. The molecule has 1 aliphatic rings. The van der Waals surface area contributed by atoms with Crippen LogP contribution in [0.1, 0.15) is 22.6 Å². The molecule has 0 bridgehead atoms. The summed E-state index contributed by atoms with van der Waals surface area (Å²) in [6.45, 7) is 1.84. The average molecular weight is 531 g/mol. The zero-order valence-corrected chi connectivity index (χ0v) is 20.2. The van der Waals surface area contributed by atoms with E-state index in [1.54, 1.807) is 12.1 Å². The first-order valence-corrected chi connectivity index (χ1v) is 13.7. The van der Waals surface area contributed by atoms with E-state index in [2.05, 4.69) is 20.9 Å². The van der Waals surface area contributed by atoms with E-state index in [0.29, 0.717) is 14.8 Å². The van der Waals surface area contributed by atoms with Crippen LogP contribution in [0.15, 0.2) is 82.2 Å². The predicted octanol–water partition coefficient (Wildman–Crippen LogP) is 4.91. The topological polar surface area (TPSA) is 87.3 Å². The Morgan fingerprint density at radius 1 is 0.969 bits per heavy atom. The van der Waals surface area contributed by atoms with Gasteiger partial charge in [-0.2, -0.15) is 8.42 Å². The van der Waals surface area contributed by atoms with Gasteiger partial charge in [0.25, 0.3) is 20.0 Å². The van der Waals surface area contributed by atoms with Gasteiger partial charge in [-0.15, -0.1) is 3.71 Å². The first kappa shape index (κ1) is 21.2. The van der Waals surface area contributed by atoms with Crippen LogP contribution < -0.4 is 3.71 Å². The van der Waals surface area contributed by atoms with Gasteiger partial charge in [-0.05, 0) is 42.8 Å². The van der Waals surface area contributed by atoms with Crippen molar-refractivity contribution in [1.29, 1.82) is 0 Å². The molecule has 0 fully saturated rings. The van der Waals surface area contributed by atoms with Crippen LogP contribution in [0.5, 0.6) is 0 Å². The van der Waals surface area contributed by atoms with E-state index in [1.165, 1.54) is 12.1 Å². The number of nitrogens with one attached hydrogen (secondary N) is 1. The van der Waals surface area contributed by atoms with Crippen molar-refractivity contribution in [2.24, 2.45) is 0 Å². The van der Waals surface area contributed by atoms with Crippen molar-refractivity contribution in [2.75, 3.05) is 9.46 Å². The Labute approximate surface area is 195 Å². The second kappa shape index (κ2) is 7.47. The van der Waals surface area contributed by atoms with Crippen LogP contribution in [0, 0.1) is 6.92 Å². The lowest BCUT2D eigenvalue weighted by atomic mass is 9.92. The Morgan fingerprint density at radius 2 is 1.62 bits per heavy atom. The molecule has 4 aromatic rings. The van der Waals surface area contributed by atoms with E-state index >= 15 is 0 Å². The van der Waals surface area contributed by atoms with Gasteiger partial charge in [-0.25, -0.2) is 8.42 Å². The molecule has 2 heterocycles. The zero-order valence-electron chi connectivity index (χ0n) is 17.0. The molecule has 0 spiro atoms.